The third-order valence-electron chi connectivity index (χ3n) is 3.13. The zero-order valence-corrected chi connectivity index (χ0v) is 10.0. The zero-order valence-electron chi connectivity index (χ0n) is 10.0. The zero-order chi connectivity index (χ0) is 13.2. The van der Waals surface area contributed by atoms with Crippen LogP contribution in [0.3, 0.4) is 0 Å². The average Bonchev–Trinajstić information content (AvgIpc) is 2.44. The Hall–Kier alpha value is -2.59. The summed E-state index contributed by atoms with van der Waals surface area (Å²) in [5.74, 6) is 0. The van der Waals surface area contributed by atoms with Crippen molar-refractivity contribution in [1.82, 2.24) is 0 Å². The van der Waals surface area contributed by atoms with E-state index in [0.717, 1.165) is 27.9 Å². The summed E-state index contributed by atoms with van der Waals surface area (Å²) in [7, 11) is 0. The van der Waals surface area contributed by atoms with Crippen molar-refractivity contribution in [2.45, 2.75) is 0 Å². The highest BCUT2D eigenvalue weighted by Gasteiger charge is 2.18. The molecule has 93 valence electrons. The molecule has 4 heteroatoms. The van der Waals surface area contributed by atoms with Gasteiger partial charge in [-0.05, 0) is 34.0 Å². The summed E-state index contributed by atoms with van der Waals surface area (Å²) in [6.45, 7) is 0. The molecule has 1 N–H and O–H groups in total. The number of nitrogens with one attached hydrogen (secondary N) is 1. The lowest BCUT2D eigenvalue weighted by atomic mass is 10.0. The summed E-state index contributed by atoms with van der Waals surface area (Å²) in [4.78, 5) is 0. The molecule has 3 aromatic carbocycles. The molecule has 19 heavy (non-hydrogen) atoms. The van der Waals surface area contributed by atoms with Gasteiger partial charge in [-0.3, -0.25) is 5.16 Å². The Kier molecular flexibility index (Phi) is 2.78. The molecule has 0 unspecified atom stereocenters. The fourth-order valence-electron chi connectivity index (χ4n) is 2.34. The first-order valence-electron chi connectivity index (χ1n) is 5.89. The van der Waals surface area contributed by atoms with Crippen LogP contribution < -0.4 is 10.2 Å². The summed E-state index contributed by atoms with van der Waals surface area (Å²) >= 11 is 0. The van der Waals surface area contributed by atoms with Crippen LogP contribution in [0, 0.1) is 5.21 Å². The summed E-state index contributed by atoms with van der Waals surface area (Å²) in [6.07, 6.45) is 0.869. The van der Waals surface area contributed by atoms with Crippen molar-refractivity contribution in [3.05, 3.63) is 59.8 Å². The van der Waals surface area contributed by atoms with Crippen molar-refractivity contribution in [2.75, 3.05) is 5.06 Å². The van der Waals surface area contributed by atoms with E-state index in [0.29, 0.717) is 10.8 Å². The molecule has 3 aromatic rings. The maximum atomic E-state index is 12.1. The normalized spacial score (nSPS) is 11.4. The fraction of sp³-hybridized carbons (Fsp3) is 0. The molecule has 0 atom stereocenters. The Balaban J connectivity index is 2.46. The Labute approximate surface area is 109 Å². The minimum absolute atomic E-state index is 0.483. The molecule has 0 amide bonds. The van der Waals surface area contributed by atoms with E-state index >= 15 is 0 Å². The molecule has 0 saturated carbocycles. The SMILES string of the molecule is [O]N(C=[NH+][O-])c1c2ccccc2cc2ccccc12. The predicted octanol–water partition coefficient (Wildman–Crippen LogP) is 1.75. The van der Waals surface area contributed by atoms with Gasteiger partial charge in [0.2, 0.25) is 0 Å². The van der Waals surface area contributed by atoms with Gasteiger partial charge in [-0.1, -0.05) is 36.4 Å². The average molecular weight is 251 g/mol. The lowest BCUT2D eigenvalue weighted by molar-refractivity contribution is -0.370. The minimum Gasteiger partial charge on any atom is -0.717 e. The summed E-state index contributed by atoms with van der Waals surface area (Å²) < 4.78 is 0. The smallest absolute Gasteiger partial charge is 0.274 e. The van der Waals surface area contributed by atoms with Crippen molar-refractivity contribution in [3.63, 3.8) is 0 Å². The quantitative estimate of drug-likeness (QED) is 0.248. The molecule has 0 heterocycles. The molecule has 4 nitrogen and oxygen atoms in total. The van der Waals surface area contributed by atoms with Crippen molar-refractivity contribution >= 4 is 33.6 Å². The summed E-state index contributed by atoms with van der Waals surface area (Å²) in [6, 6.07) is 17.3. The number of rotatable bonds is 2. The number of hydrogen-bond acceptors (Lipinski definition) is 1. The van der Waals surface area contributed by atoms with Crippen molar-refractivity contribution in [2.24, 2.45) is 0 Å². The fourth-order valence-corrected chi connectivity index (χ4v) is 2.34. The first kappa shape index (κ1) is 11.5. The van der Waals surface area contributed by atoms with Crippen LogP contribution in [0.5, 0.6) is 0 Å². The second-order valence-corrected chi connectivity index (χ2v) is 4.24. The maximum Gasteiger partial charge on any atom is 0.274 e. The summed E-state index contributed by atoms with van der Waals surface area (Å²) in [5, 5.41) is 28.2. The highest BCUT2D eigenvalue weighted by atomic mass is 16.5. The van der Waals surface area contributed by atoms with Gasteiger partial charge < -0.3 is 5.21 Å². The highest BCUT2D eigenvalue weighted by molar-refractivity contribution is 6.13. The maximum absolute atomic E-state index is 12.1. The summed E-state index contributed by atoms with van der Waals surface area (Å²) in [5.41, 5.74) is 0.483. The number of hydroxylamine groups is 1. The van der Waals surface area contributed by atoms with E-state index in [-0.39, 0.29) is 0 Å². The first-order chi connectivity index (χ1) is 9.31. The number of anilines is 1. The lowest BCUT2D eigenvalue weighted by Crippen LogP contribution is -2.63. The molecule has 1 radical (unpaired) electrons. The lowest BCUT2D eigenvalue weighted by Gasteiger charge is -2.09. The molecule has 3 rings (SSSR count). The van der Waals surface area contributed by atoms with Crippen LogP contribution in [-0.2, 0) is 5.21 Å². The number of benzene rings is 3. The first-order valence-corrected chi connectivity index (χ1v) is 5.89. The van der Waals surface area contributed by atoms with Crippen LogP contribution in [0.15, 0.2) is 54.6 Å². The van der Waals surface area contributed by atoms with E-state index in [1.165, 1.54) is 5.16 Å². The molecule has 0 aliphatic carbocycles. The van der Waals surface area contributed by atoms with Gasteiger partial charge in [0.05, 0.1) is 0 Å². The van der Waals surface area contributed by atoms with Gasteiger partial charge in [0.15, 0.2) is 5.69 Å². The van der Waals surface area contributed by atoms with E-state index in [4.69, 9.17) is 0 Å². The number of nitrogens with zero attached hydrogens (tertiary/aromatic N) is 1. The van der Waals surface area contributed by atoms with Gasteiger partial charge in [0.25, 0.3) is 6.34 Å². The standard InChI is InChI=1S/C15H11N2O2/c18-16-10-17(19)15-13-7-3-1-5-11(13)9-12-6-2-4-8-14(12)15/h1-10,16H. The van der Waals surface area contributed by atoms with Crippen LogP contribution >= 0.6 is 0 Å². The van der Waals surface area contributed by atoms with E-state index in [2.05, 4.69) is 0 Å². The van der Waals surface area contributed by atoms with E-state index in [9.17, 15) is 10.4 Å². The molecule has 0 fully saturated rings. The molecule has 0 saturated heterocycles. The molecule has 0 bridgehead atoms. The molecule has 0 aliphatic heterocycles. The van der Waals surface area contributed by atoms with E-state index in [1.807, 2.05) is 54.6 Å². The van der Waals surface area contributed by atoms with Crippen LogP contribution in [-0.4, -0.2) is 6.34 Å². The third kappa shape index (κ3) is 1.88. The minimum atomic E-state index is 0.483. The van der Waals surface area contributed by atoms with Gasteiger partial charge in [0.1, 0.15) is 0 Å². The monoisotopic (exact) mass is 251 g/mol. The van der Waals surface area contributed by atoms with Gasteiger partial charge >= 0.3 is 0 Å². The Morgan fingerprint density at radius 2 is 1.47 bits per heavy atom. The molecule has 0 aliphatic rings. The second kappa shape index (κ2) is 4.59. The third-order valence-corrected chi connectivity index (χ3v) is 3.13. The predicted molar refractivity (Wildman–Crippen MR) is 75.0 cm³/mol. The van der Waals surface area contributed by atoms with E-state index < -0.39 is 0 Å². The second-order valence-electron chi connectivity index (χ2n) is 4.24. The number of hydrogen-bond donors (Lipinski definition) is 1. The van der Waals surface area contributed by atoms with Crippen molar-refractivity contribution in [3.8, 4) is 0 Å². The van der Waals surface area contributed by atoms with Crippen molar-refractivity contribution < 1.29 is 10.4 Å². The number of fused-ring (bicyclic) bond motifs is 2. The van der Waals surface area contributed by atoms with Gasteiger partial charge in [-0.25, -0.2) is 0 Å². The highest BCUT2D eigenvalue weighted by Crippen LogP contribution is 2.34. The van der Waals surface area contributed by atoms with Gasteiger partial charge in [-0.2, -0.15) is 0 Å². The Morgan fingerprint density at radius 3 is 2.00 bits per heavy atom. The van der Waals surface area contributed by atoms with Crippen LogP contribution in [0.4, 0.5) is 5.69 Å². The van der Waals surface area contributed by atoms with Crippen LogP contribution in [0.2, 0.25) is 0 Å². The van der Waals surface area contributed by atoms with Crippen molar-refractivity contribution in [1.29, 1.82) is 0 Å². The largest absolute Gasteiger partial charge is 0.717 e. The van der Waals surface area contributed by atoms with E-state index in [1.54, 1.807) is 0 Å². The van der Waals surface area contributed by atoms with Crippen LogP contribution in [0.25, 0.3) is 21.5 Å². The molecular formula is C15H11N2O2. The molecular weight excluding hydrogens is 240 g/mol. The Bertz CT molecular complexity index is 714. The molecule has 0 spiro atoms. The topological polar surface area (TPSA) is 60.2 Å². The van der Waals surface area contributed by atoms with Crippen LogP contribution in [0.1, 0.15) is 0 Å². The van der Waals surface area contributed by atoms with Gasteiger partial charge in [0, 0.05) is 16.0 Å². The van der Waals surface area contributed by atoms with Gasteiger partial charge in [-0.15, -0.1) is 0 Å². The molecule has 0 aromatic heterocycles. The Morgan fingerprint density at radius 1 is 0.947 bits per heavy atom.